The molecular formula is C17H24ClN3O4S. The molecule has 2 N–H and O–H groups in total. The van der Waals surface area contributed by atoms with Crippen molar-refractivity contribution in [2.75, 3.05) is 19.6 Å². The van der Waals surface area contributed by atoms with Crippen LogP contribution in [0.15, 0.2) is 24.3 Å². The van der Waals surface area contributed by atoms with Gasteiger partial charge < -0.3 is 10.2 Å². The van der Waals surface area contributed by atoms with Crippen molar-refractivity contribution in [3.8, 4) is 0 Å². The summed E-state index contributed by atoms with van der Waals surface area (Å²) in [6, 6.07) is 6.51. The summed E-state index contributed by atoms with van der Waals surface area (Å²) in [6.07, 6.45) is 1.02. The highest BCUT2D eigenvalue weighted by Gasteiger charge is 2.33. The minimum Gasteiger partial charge on any atom is -0.353 e. The number of hydrogen-bond acceptors (Lipinski definition) is 4. The fraction of sp³-hybridized carbons (Fsp3) is 0.529. The van der Waals surface area contributed by atoms with Crippen molar-refractivity contribution in [3.63, 3.8) is 0 Å². The highest BCUT2D eigenvalue weighted by Crippen LogP contribution is 2.20. The third-order valence-corrected chi connectivity index (χ3v) is 6.10. The Morgan fingerprint density at radius 1 is 1.35 bits per heavy atom. The normalized spacial score (nSPS) is 18.0. The van der Waals surface area contributed by atoms with Crippen LogP contribution < -0.4 is 10.0 Å². The van der Waals surface area contributed by atoms with E-state index in [-0.39, 0.29) is 30.9 Å². The molecule has 1 aromatic rings. The Labute approximate surface area is 159 Å². The zero-order chi connectivity index (χ0) is 19.3. The van der Waals surface area contributed by atoms with E-state index in [1.165, 1.54) is 4.90 Å². The van der Waals surface area contributed by atoms with Crippen LogP contribution in [-0.4, -0.2) is 56.1 Å². The summed E-state index contributed by atoms with van der Waals surface area (Å²) in [4.78, 5) is 25.8. The van der Waals surface area contributed by atoms with Crippen LogP contribution in [0, 0.1) is 0 Å². The SMILES string of the molecule is CC(C)NC(=O)CNS(=O)(=O)C1CCCN(C(=O)c2cccc(Cl)c2)C1. The first-order chi connectivity index (χ1) is 12.2. The molecule has 1 unspecified atom stereocenters. The number of rotatable bonds is 6. The fourth-order valence-corrected chi connectivity index (χ4v) is 4.45. The van der Waals surface area contributed by atoms with Gasteiger partial charge in [0.15, 0.2) is 0 Å². The molecule has 1 saturated heterocycles. The van der Waals surface area contributed by atoms with Crippen LogP contribution in [0.25, 0.3) is 0 Å². The standard InChI is InChI=1S/C17H24ClN3O4S/c1-12(2)20-16(22)10-19-26(24,25)15-7-4-8-21(11-15)17(23)13-5-3-6-14(18)9-13/h3,5-6,9,12,15,19H,4,7-8,10-11H2,1-2H3,(H,20,22). The monoisotopic (exact) mass is 401 g/mol. The van der Waals surface area contributed by atoms with Gasteiger partial charge in [-0.2, -0.15) is 0 Å². The summed E-state index contributed by atoms with van der Waals surface area (Å²) < 4.78 is 27.3. The lowest BCUT2D eigenvalue weighted by atomic mass is 10.1. The van der Waals surface area contributed by atoms with Crippen LogP contribution in [-0.2, 0) is 14.8 Å². The quantitative estimate of drug-likeness (QED) is 0.752. The molecule has 144 valence electrons. The molecular weight excluding hydrogens is 378 g/mol. The van der Waals surface area contributed by atoms with Gasteiger partial charge in [0.05, 0.1) is 11.8 Å². The third kappa shape index (κ3) is 5.69. The lowest BCUT2D eigenvalue weighted by Crippen LogP contribution is -2.50. The molecule has 9 heteroatoms. The smallest absolute Gasteiger partial charge is 0.253 e. The summed E-state index contributed by atoms with van der Waals surface area (Å²) in [5.41, 5.74) is 0.430. The summed E-state index contributed by atoms with van der Waals surface area (Å²) in [7, 11) is -3.70. The number of hydrogen-bond donors (Lipinski definition) is 2. The molecule has 1 aromatic carbocycles. The van der Waals surface area contributed by atoms with Gasteiger partial charge in [0.2, 0.25) is 15.9 Å². The second-order valence-corrected chi connectivity index (χ2v) is 9.10. The molecule has 0 aromatic heterocycles. The fourth-order valence-electron chi connectivity index (χ4n) is 2.84. The Hall–Kier alpha value is -1.64. The minimum atomic E-state index is -3.70. The third-order valence-electron chi connectivity index (χ3n) is 4.06. The van der Waals surface area contributed by atoms with Gasteiger partial charge in [0.25, 0.3) is 5.91 Å². The number of likely N-dealkylation sites (tertiary alicyclic amines) is 1. The van der Waals surface area contributed by atoms with Crippen molar-refractivity contribution < 1.29 is 18.0 Å². The largest absolute Gasteiger partial charge is 0.353 e. The molecule has 0 saturated carbocycles. The van der Waals surface area contributed by atoms with E-state index >= 15 is 0 Å². The molecule has 0 bridgehead atoms. The molecule has 0 radical (unpaired) electrons. The van der Waals surface area contributed by atoms with Crippen LogP contribution in [0.3, 0.4) is 0 Å². The molecule has 0 aliphatic carbocycles. The van der Waals surface area contributed by atoms with Crippen molar-refractivity contribution in [1.82, 2.24) is 14.9 Å². The molecule has 1 aliphatic rings. The molecule has 2 amide bonds. The van der Waals surface area contributed by atoms with E-state index in [0.29, 0.717) is 30.0 Å². The maximum Gasteiger partial charge on any atom is 0.253 e. The van der Waals surface area contributed by atoms with Crippen molar-refractivity contribution in [1.29, 1.82) is 0 Å². The van der Waals surface area contributed by atoms with E-state index < -0.39 is 15.3 Å². The zero-order valence-electron chi connectivity index (χ0n) is 14.9. The van der Waals surface area contributed by atoms with Gasteiger partial charge in [-0.15, -0.1) is 0 Å². The predicted molar refractivity (Wildman–Crippen MR) is 101 cm³/mol. The summed E-state index contributed by atoms with van der Waals surface area (Å²) >= 11 is 5.92. The van der Waals surface area contributed by atoms with E-state index in [1.807, 2.05) is 0 Å². The van der Waals surface area contributed by atoms with E-state index in [9.17, 15) is 18.0 Å². The molecule has 0 spiro atoms. The number of carbonyl (C=O) groups is 2. The molecule has 2 rings (SSSR count). The number of nitrogens with one attached hydrogen (secondary N) is 2. The van der Waals surface area contributed by atoms with Gasteiger partial charge in [-0.25, -0.2) is 13.1 Å². The number of piperidine rings is 1. The number of sulfonamides is 1. The van der Waals surface area contributed by atoms with Crippen LogP contribution in [0.5, 0.6) is 0 Å². The second kappa shape index (κ2) is 8.83. The van der Waals surface area contributed by atoms with Gasteiger partial charge in [-0.1, -0.05) is 17.7 Å². The van der Waals surface area contributed by atoms with E-state index in [1.54, 1.807) is 38.1 Å². The molecule has 1 fully saturated rings. The van der Waals surface area contributed by atoms with Crippen molar-refractivity contribution in [3.05, 3.63) is 34.9 Å². The zero-order valence-corrected chi connectivity index (χ0v) is 16.4. The number of nitrogens with zero attached hydrogens (tertiary/aromatic N) is 1. The average Bonchev–Trinajstić information content (AvgIpc) is 2.59. The van der Waals surface area contributed by atoms with E-state index in [2.05, 4.69) is 10.0 Å². The average molecular weight is 402 g/mol. The first-order valence-electron chi connectivity index (χ1n) is 8.51. The Balaban J connectivity index is 2.00. The minimum absolute atomic E-state index is 0.0625. The Bertz CT molecular complexity index is 767. The van der Waals surface area contributed by atoms with Crippen LogP contribution in [0.1, 0.15) is 37.0 Å². The summed E-state index contributed by atoms with van der Waals surface area (Å²) in [5.74, 6) is -0.629. The molecule has 7 nitrogen and oxygen atoms in total. The van der Waals surface area contributed by atoms with E-state index in [4.69, 9.17) is 11.6 Å². The molecule has 1 atom stereocenters. The Morgan fingerprint density at radius 3 is 2.73 bits per heavy atom. The van der Waals surface area contributed by atoms with Gasteiger partial charge in [-0.3, -0.25) is 9.59 Å². The van der Waals surface area contributed by atoms with Gasteiger partial charge in [0.1, 0.15) is 0 Å². The number of carbonyl (C=O) groups excluding carboxylic acids is 2. The highest BCUT2D eigenvalue weighted by atomic mass is 35.5. The number of benzene rings is 1. The lowest BCUT2D eigenvalue weighted by molar-refractivity contribution is -0.120. The molecule has 1 aliphatic heterocycles. The maximum atomic E-state index is 12.6. The lowest BCUT2D eigenvalue weighted by Gasteiger charge is -2.32. The second-order valence-electron chi connectivity index (χ2n) is 6.61. The first-order valence-corrected chi connectivity index (χ1v) is 10.4. The summed E-state index contributed by atoms with van der Waals surface area (Å²) in [5, 5.41) is 2.34. The highest BCUT2D eigenvalue weighted by molar-refractivity contribution is 7.90. The maximum absolute atomic E-state index is 12.6. The predicted octanol–water partition coefficient (Wildman–Crippen LogP) is 1.39. The van der Waals surface area contributed by atoms with Crippen molar-refractivity contribution in [2.45, 2.75) is 38.0 Å². The molecule has 1 heterocycles. The van der Waals surface area contributed by atoms with Crippen LogP contribution in [0.4, 0.5) is 0 Å². The topological polar surface area (TPSA) is 95.6 Å². The van der Waals surface area contributed by atoms with E-state index in [0.717, 1.165) is 0 Å². The number of halogens is 1. The van der Waals surface area contributed by atoms with Crippen molar-refractivity contribution in [2.24, 2.45) is 0 Å². The summed E-state index contributed by atoms with van der Waals surface area (Å²) in [6.45, 7) is 3.87. The van der Waals surface area contributed by atoms with Gasteiger partial charge in [-0.05, 0) is 44.9 Å². The van der Waals surface area contributed by atoms with Crippen molar-refractivity contribution >= 4 is 33.4 Å². The van der Waals surface area contributed by atoms with Gasteiger partial charge in [0, 0.05) is 29.7 Å². The Morgan fingerprint density at radius 2 is 2.08 bits per heavy atom. The Kier molecular flexibility index (Phi) is 7.02. The number of amides is 2. The molecule has 26 heavy (non-hydrogen) atoms. The van der Waals surface area contributed by atoms with Crippen LogP contribution >= 0.6 is 11.6 Å². The van der Waals surface area contributed by atoms with Crippen LogP contribution in [0.2, 0.25) is 5.02 Å². The van der Waals surface area contributed by atoms with Gasteiger partial charge >= 0.3 is 0 Å². The first kappa shape index (κ1) is 20.7.